The van der Waals surface area contributed by atoms with Crippen molar-refractivity contribution in [3.8, 4) is 18.1 Å². The first kappa shape index (κ1) is 11.6. The average Bonchev–Trinajstić information content (AvgIpc) is 2.20. The summed E-state index contributed by atoms with van der Waals surface area (Å²) in [5, 5.41) is 12.8. The Morgan fingerprint density at radius 1 is 1.47 bits per heavy atom. The van der Waals surface area contributed by atoms with Crippen LogP contribution in [0.3, 0.4) is 0 Å². The third kappa shape index (κ3) is 3.30. The van der Waals surface area contributed by atoms with E-state index in [1.54, 1.807) is 6.07 Å². The van der Waals surface area contributed by atoms with Gasteiger partial charge in [-0.3, -0.25) is 5.32 Å². The molecule has 0 fully saturated rings. The van der Waals surface area contributed by atoms with Crippen LogP contribution in [0.15, 0.2) is 18.2 Å². The van der Waals surface area contributed by atoms with Gasteiger partial charge in [0.1, 0.15) is 5.75 Å². The Bertz CT molecular complexity index is 388. The van der Waals surface area contributed by atoms with E-state index in [0.29, 0.717) is 12.3 Å². The Labute approximate surface area is 91.3 Å². The monoisotopic (exact) mass is 203 g/mol. The highest BCUT2D eigenvalue weighted by Gasteiger charge is 2.13. The SMILES string of the molecule is C#CC(C)(C)NCc1cc(C)ccc1O. The normalized spacial score (nSPS) is 11.1. The summed E-state index contributed by atoms with van der Waals surface area (Å²) >= 11 is 0. The molecule has 0 aliphatic heterocycles. The summed E-state index contributed by atoms with van der Waals surface area (Å²) in [7, 11) is 0. The Balaban J connectivity index is 2.74. The van der Waals surface area contributed by atoms with Gasteiger partial charge in [-0.2, -0.15) is 0 Å². The van der Waals surface area contributed by atoms with Crippen LogP contribution in [-0.2, 0) is 6.54 Å². The lowest BCUT2D eigenvalue weighted by Crippen LogP contribution is -2.36. The molecular weight excluding hydrogens is 186 g/mol. The van der Waals surface area contributed by atoms with Crippen molar-refractivity contribution in [1.29, 1.82) is 0 Å². The fourth-order valence-electron chi connectivity index (χ4n) is 1.22. The molecule has 80 valence electrons. The highest BCUT2D eigenvalue weighted by molar-refractivity contribution is 5.35. The third-order valence-corrected chi connectivity index (χ3v) is 2.32. The summed E-state index contributed by atoms with van der Waals surface area (Å²) < 4.78 is 0. The van der Waals surface area contributed by atoms with Gasteiger partial charge < -0.3 is 5.11 Å². The molecule has 0 atom stereocenters. The van der Waals surface area contributed by atoms with E-state index >= 15 is 0 Å². The number of hydrogen-bond acceptors (Lipinski definition) is 2. The lowest BCUT2D eigenvalue weighted by atomic mass is 10.1. The van der Waals surface area contributed by atoms with Crippen LogP contribution in [0.4, 0.5) is 0 Å². The van der Waals surface area contributed by atoms with Crippen LogP contribution in [0, 0.1) is 19.3 Å². The highest BCUT2D eigenvalue weighted by Crippen LogP contribution is 2.18. The molecule has 0 unspecified atom stereocenters. The topological polar surface area (TPSA) is 32.3 Å². The number of benzene rings is 1. The molecule has 2 nitrogen and oxygen atoms in total. The second kappa shape index (κ2) is 4.37. The minimum absolute atomic E-state index is 0.306. The van der Waals surface area contributed by atoms with Crippen LogP contribution in [0.25, 0.3) is 0 Å². The first-order valence-corrected chi connectivity index (χ1v) is 4.96. The molecular formula is C13H17NO. The zero-order valence-corrected chi connectivity index (χ0v) is 9.46. The number of terminal acetylenes is 1. The van der Waals surface area contributed by atoms with E-state index in [1.807, 2.05) is 32.9 Å². The van der Waals surface area contributed by atoms with Gasteiger partial charge in [0.2, 0.25) is 0 Å². The molecule has 0 amide bonds. The standard InChI is InChI=1S/C13H17NO/c1-5-13(3,4)14-9-11-8-10(2)6-7-12(11)15/h1,6-8,14-15H,9H2,2-4H3. The van der Waals surface area contributed by atoms with Crippen molar-refractivity contribution in [3.05, 3.63) is 29.3 Å². The number of nitrogens with one attached hydrogen (secondary N) is 1. The molecule has 0 aliphatic rings. The molecule has 1 rings (SSSR count). The average molecular weight is 203 g/mol. The van der Waals surface area contributed by atoms with Crippen molar-refractivity contribution >= 4 is 0 Å². The van der Waals surface area contributed by atoms with Crippen LogP contribution < -0.4 is 5.32 Å². The maximum Gasteiger partial charge on any atom is 0.120 e. The fourth-order valence-corrected chi connectivity index (χ4v) is 1.22. The number of rotatable bonds is 3. The van der Waals surface area contributed by atoms with Gasteiger partial charge >= 0.3 is 0 Å². The maximum atomic E-state index is 9.61. The summed E-state index contributed by atoms with van der Waals surface area (Å²) in [6.07, 6.45) is 5.36. The number of phenols is 1. The molecule has 0 heterocycles. The maximum absolute atomic E-state index is 9.61. The quantitative estimate of drug-likeness (QED) is 0.738. The van der Waals surface area contributed by atoms with Crippen molar-refractivity contribution in [2.45, 2.75) is 32.9 Å². The molecule has 0 saturated heterocycles. The van der Waals surface area contributed by atoms with Gasteiger partial charge in [0.15, 0.2) is 0 Å². The van der Waals surface area contributed by atoms with Gasteiger partial charge in [-0.05, 0) is 26.8 Å². The van der Waals surface area contributed by atoms with Crippen LogP contribution in [0.5, 0.6) is 5.75 Å². The fraction of sp³-hybridized carbons (Fsp3) is 0.385. The molecule has 2 heteroatoms. The van der Waals surface area contributed by atoms with Gasteiger partial charge in [0.05, 0.1) is 5.54 Å². The minimum atomic E-state index is -0.351. The smallest absolute Gasteiger partial charge is 0.120 e. The summed E-state index contributed by atoms with van der Waals surface area (Å²) in [6.45, 7) is 6.43. The first-order valence-electron chi connectivity index (χ1n) is 4.96. The Hall–Kier alpha value is -1.46. The largest absolute Gasteiger partial charge is 0.508 e. The van der Waals surface area contributed by atoms with E-state index in [-0.39, 0.29) is 5.54 Å². The molecule has 1 aromatic carbocycles. The van der Waals surface area contributed by atoms with E-state index < -0.39 is 0 Å². The lowest BCUT2D eigenvalue weighted by molar-refractivity contribution is 0.448. The Morgan fingerprint density at radius 3 is 2.73 bits per heavy atom. The zero-order valence-electron chi connectivity index (χ0n) is 9.46. The molecule has 2 N–H and O–H groups in total. The predicted molar refractivity (Wildman–Crippen MR) is 62.6 cm³/mol. The number of hydrogen-bond donors (Lipinski definition) is 2. The van der Waals surface area contributed by atoms with Crippen LogP contribution in [-0.4, -0.2) is 10.6 Å². The summed E-state index contributed by atoms with van der Waals surface area (Å²) in [4.78, 5) is 0. The van der Waals surface area contributed by atoms with E-state index in [4.69, 9.17) is 6.42 Å². The summed E-state index contributed by atoms with van der Waals surface area (Å²) in [5.74, 6) is 2.96. The summed E-state index contributed by atoms with van der Waals surface area (Å²) in [5.41, 5.74) is 1.65. The van der Waals surface area contributed by atoms with Gasteiger partial charge in [0, 0.05) is 12.1 Å². The van der Waals surface area contributed by atoms with Crippen molar-refractivity contribution in [2.75, 3.05) is 0 Å². The Morgan fingerprint density at radius 2 is 2.13 bits per heavy atom. The molecule has 1 aromatic rings. The molecule has 0 aliphatic carbocycles. The predicted octanol–water partition coefficient (Wildman–Crippen LogP) is 2.20. The first-order chi connectivity index (χ1) is 6.94. The third-order valence-electron chi connectivity index (χ3n) is 2.32. The van der Waals surface area contributed by atoms with Crippen LogP contribution in [0.1, 0.15) is 25.0 Å². The number of aryl methyl sites for hydroxylation is 1. The second-order valence-corrected chi connectivity index (χ2v) is 4.26. The Kier molecular flexibility index (Phi) is 3.39. The summed E-state index contributed by atoms with van der Waals surface area (Å²) in [6, 6.07) is 5.54. The van der Waals surface area contributed by atoms with Gasteiger partial charge in [-0.25, -0.2) is 0 Å². The van der Waals surface area contributed by atoms with Gasteiger partial charge in [-0.15, -0.1) is 6.42 Å². The van der Waals surface area contributed by atoms with E-state index in [9.17, 15) is 5.11 Å². The molecule has 0 aromatic heterocycles. The highest BCUT2D eigenvalue weighted by atomic mass is 16.3. The van der Waals surface area contributed by atoms with E-state index in [0.717, 1.165) is 11.1 Å². The van der Waals surface area contributed by atoms with E-state index in [2.05, 4.69) is 11.2 Å². The van der Waals surface area contributed by atoms with Crippen LogP contribution in [0.2, 0.25) is 0 Å². The van der Waals surface area contributed by atoms with Gasteiger partial charge in [-0.1, -0.05) is 23.6 Å². The van der Waals surface area contributed by atoms with Crippen molar-refractivity contribution in [3.63, 3.8) is 0 Å². The molecule has 15 heavy (non-hydrogen) atoms. The number of phenolic OH excluding ortho intramolecular Hbond substituents is 1. The van der Waals surface area contributed by atoms with Crippen LogP contribution >= 0.6 is 0 Å². The molecule has 0 spiro atoms. The van der Waals surface area contributed by atoms with Crippen molar-refractivity contribution in [2.24, 2.45) is 0 Å². The lowest BCUT2D eigenvalue weighted by Gasteiger charge is -2.20. The minimum Gasteiger partial charge on any atom is -0.508 e. The second-order valence-electron chi connectivity index (χ2n) is 4.26. The molecule has 0 radical (unpaired) electrons. The molecule has 0 saturated carbocycles. The van der Waals surface area contributed by atoms with E-state index in [1.165, 1.54) is 0 Å². The molecule has 0 bridgehead atoms. The van der Waals surface area contributed by atoms with Gasteiger partial charge in [0.25, 0.3) is 0 Å². The number of aromatic hydroxyl groups is 1. The van der Waals surface area contributed by atoms with Crippen molar-refractivity contribution < 1.29 is 5.11 Å². The van der Waals surface area contributed by atoms with Crippen molar-refractivity contribution in [1.82, 2.24) is 5.32 Å². The zero-order chi connectivity index (χ0) is 11.5.